The molecule has 1 aliphatic heterocycles. The van der Waals surface area contributed by atoms with Gasteiger partial charge in [0, 0.05) is 42.3 Å². The smallest absolute Gasteiger partial charge is 0.303 e. The van der Waals surface area contributed by atoms with Crippen LogP contribution in [0.2, 0.25) is 0 Å². The highest BCUT2D eigenvalue weighted by Gasteiger charge is 2.53. The summed E-state index contributed by atoms with van der Waals surface area (Å²) >= 11 is 0. The van der Waals surface area contributed by atoms with Gasteiger partial charge in [-0.2, -0.15) is 0 Å². The molecule has 0 aromatic carbocycles. The maximum Gasteiger partial charge on any atom is 0.303 e. The first-order valence-corrected chi connectivity index (χ1v) is 7.46. The Morgan fingerprint density at radius 2 is 1.50 bits per heavy atom. The molecular formula is C15H26O9. The lowest BCUT2D eigenvalue weighted by molar-refractivity contribution is -0.315. The van der Waals surface area contributed by atoms with Crippen LogP contribution in [0.4, 0.5) is 0 Å². The van der Waals surface area contributed by atoms with E-state index in [2.05, 4.69) is 0 Å². The second-order valence-electron chi connectivity index (χ2n) is 5.28. The maximum absolute atomic E-state index is 11.5. The van der Waals surface area contributed by atoms with Crippen LogP contribution >= 0.6 is 0 Å². The van der Waals surface area contributed by atoms with E-state index < -0.39 is 48.7 Å². The van der Waals surface area contributed by atoms with E-state index in [1.54, 1.807) is 0 Å². The Morgan fingerprint density at radius 3 is 1.92 bits per heavy atom. The van der Waals surface area contributed by atoms with Crippen molar-refractivity contribution in [3.05, 3.63) is 0 Å². The SMILES string of the molecule is COCC(OC)C1OC(OC)C(OC)C(OC(C)=O)C1OC(C)=O. The molecule has 0 bridgehead atoms. The van der Waals surface area contributed by atoms with Gasteiger partial charge in [-0.3, -0.25) is 9.59 Å². The summed E-state index contributed by atoms with van der Waals surface area (Å²) in [5, 5.41) is 0. The van der Waals surface area contributed by atoms with Crippen molar-refractivity contribution in [2.24, 2.45) is 0 Å². The summed E-state index contributed by atoms with van der Waals surface area (Å²) in [5.41, 5.74) is 0. The fraction of sp³-hybridized carbons (Fsp3) is 0.867. The molecule has 6 atom stereocenters. The molecule has 9 nitrogen and oxygen atoms in total. The number of ether oxygens (including phenoxy) is 7. The van der Waals surface area contributed by atoms with Crippen LogP contribution in [-0.4, -0.2) is 83.8 Å². The lowest BCUT2D eigenvalue weighted by Crippen LogP contribution is -2.64. The maximum atomic E-state index is 11.5. The van der Waals surface area contributed by atoms with Crippen molar-refractivity contribution < 1.29 is 42.7 Å². The van der Waals surface area contributed by atoms with Gasteiger partial charge in [-0.25, -0.2) is 0 Å². The molecule has 1 aliphatic rings. The summed E-state index contributed by atoms with van der Waals surface area (Å²) in [6.45, 7) is 2.69. The molecule has 0 saturated carbocycles. The number of esters is 2. The van der Waals surface area contributed by atoms with Gasteiger partial charge in [0.1, 0.15) is 18.3 Å². The van der Waals surface area contributed by atoms with Gasteiger partial charge in [-0.05, 0) is 0 Å². The lowest BCUT2D eigenvalue weighted by atomic mass is 9.94. The van der Waals surface area contributed by atoms with Gasteiger partial charge < -0.3 is 33.2 Å². The molecule has 0 aromatic heterocycles. The highest BCUT2D eigenvalue weighted by Crippen LogP contribution is 2.31. The van der Waals surface area contributed by atoms with Crippen molar-refractivity contribution in [3.63, 3.8) is 0 Å². The molecule has 0 radical (unpaired) electrons. The minimum absolute atomic E-state index is 0.180. The standard InChI is InChI=1S/C15H26O9/c1-8(16)22-12-11(10(19-4)7-18-3)24-15(21-6)14(20-5)13(12)23-9(2)17/h10-15H,7H2,1-6H3. The monoisotopic (exact) mass is 350 g/mol. The minimum atomic E-state index is -0.942. The Balaban J connectivity index is 3.22. The second kappa shape index (κ2) is 9.90. The highest BCUT2D eigenvalue weighted by molar-refractivity contribution is 5.67. The average molecular weight is 350 g/mol. The van der Waals surface area contributed by atoms with Gasteiger partial charge >= 0.3 is 11.9 Å². The number of carbonyl (C=O) groups is 2. The van der Waals surface area contributed by atoms with Crippen molar-refractivity contribution in [2.75, 3.05) is 35.0 Å². The molecule has 0 aromatic rings. The van der Waals surface area contributed by atoms with Crippen molar-refractivity contribution >= 4 is 11.9 Å². The Morgan fingerprint density at radius 1 is 0.917 bits per heavy atom. The summed E-state index contributed by atoms with van der Waals surface area (Å²) in [5.74, 6) is -1.10. The van der Waals surface area contributed by atoms with E-state index in [1.807, 2.05) is 0 Å². The zero-order chi connectivity index (χ0) is 18.3. The van der Waals surface area contributed by atoms with Crippen LogP contribution in [0.15, 0.2) is 0 Å². The largest absolute Gasteiger partial charge is 0.456 e. The van der Waals surface area contributed by atoms with Gasteiger partial charge in [0.15, 0.2) is 18.5 Å². The van der Waals surface area contributed by atoms with Crippen LogP contribution in [0, 0.1) is 0 Å². The van der Waals surface area contributed by atoms with Crippen molar-refractivity contribution in [3.8, 4) is 0 Å². The number of rotatable bonds is 8. The van der Waals surface area contributed by atoms with Crippen LogP contribution in [0.1, 0.15) is 13.8 Å². The van der Waals surface area contributed by atoms with Crippen LogP contribution in [0.25, 0.3) is 0 Å². The van der Waals surface area contributed by atoms with Crippen molar-refractivity contribution in [2.45, 2.75) is 50.7 Å². The Labute approximate surface area is 141 Å². The fourth-order valence-electron chi connectivity index (χ4n) is 2.69. The van der Waals surface area contributed by atoms with Crippen molar-refractivity contribution in [1.29, 1.82) is 0 Å². The first-order chi connectivity index (χ1) is 11.4. The van der Waals surface area contributed by atoms with E-state index >= 15 is 0 Å². The van der Waals surface area contributed by atoms with Crippen LogP contribution in [-0.2, 0) is 42.7 Å². The second-order valence-corrected chi connectivity index (χ2v) is 5.28. The summed E-state index contributed by atoms with van der Waals surface area (Å²) in [4.78, 5) is 23.1. The molecule has 0 N–H and O–H groups in total. The van der Waals surface area contributed by atoms with Gasteiger partial charge in [0.05, 0.1) is 6.61 Å². The highest BCUT2D eigenvalue weighted by atomic mass is 16.7. The van der Waals surface area contributed by atoms with Crippen LogP contribution < -0.4 is 0 Å². The summed E-state index contributed by atoms with van der Waals surface area (Å²) in [6, 6.07) is 0. The van der Waals surface area contributed by atoms with Gasteiger partial charge in [0.2, 0.25) is 0 Å². The third-order valence-corrected chi connectivity index (χ3v) is 3.64. The average Bonchev–Trinajstić information content (AvgIpc) is 2.53. The topological polar surface area (TPSA) is 98.8 Å². The molecule has 1 saturated heterocycles. The quantitative estimate of drug-likeness (QED) is 0.556. The zero-order valence-electron chi connectivity index (χ0n) is 14.8. The van der Waals surface area contributed by atoms with E-state index in [-0.39, 0.29) is 6.61 Å². The molecule has 1 heterocycles. The minimum Gasteiger partial charge on any atom is -0.456 e. The third-order valence-electron chi connectivity index (χ3n) is 3.64. The molecule has 0 amide bonds. The fourth-order valence-corrected chi connectivity index (χ4v) is 2.69. The molecule has 0 spiro atoms. The Kier molecular flexibility index (Phi) is 8.57. The molecule has 1 rings (SSSR count). The van der Waals surface area contributed by atoms with E-state index in [0.29, 0.717) is 0 Å². The van der Waals surface area contributed by atoms with Crippen LogP contribution in [0.3, 0.4) is 0 Å². The third kappa shape index (κ3) is 5.12. The van der Waals surface area contributed by atoms with E-state index in [9.17, 15) is 9.59 Å². The molecule has 9 heteroatoms. The van der Waals surface area contributed by atoms with Gasteiger partial charge in [0.25, 0.3) is 0 Å². The lowest BCUT2D eigenvalue weighted by Gasteiger charge is -2.45. The number of methoxy groups -OCH3 is 4. The number of hydrogen-bond acceptors (Lipinski definition) is 9. The van der Waals surface area contributed by atoms with E-state index in [4.69, 9.17) is 33.2 Å². The molecule has 0 aliphatic carbocycles. The van der Waals surface area contributed by atoms with E-state index in [1.165, 1.54) is 42.3 Å². The van der Waals surface area contributed by atoms with Crippen LogP contribution in [0.5, 0.6) is 0 Å². The van der Waals surface area contributed by atoms with Gasteiger partial charge in [-0.1, -0.05) is 0 Å². The summed E-state index contributed by atoms with van der Waals surface area (Å²) < 4.78 is 37.7. The first kappa shape index (κ1) is 20.8. The Hall–Kier alpha value is -1.26. The normalized spacial score (nSPS) is 31.3. The summed E-state index contributed by atoms with van der Waals surface area (Å²) in [6.07, 6.45) is -4.84. The molecule has 1 fully saturated rings. The first-order valence-electron chi connectivity index (χ1n) is 7.46. The predicted molar refractivity (Wildman–Crippen MR) is 80.2 cm³/mol. The number of carbonyl (C=O) groups excluding carboxylic acids is 2. The molecule has 24 heavy (non-hydrogen) atoms. The van der Waals surface area contributed by atoms with E-state index in [0.717, 1.165) is 0 Å². The predicted octanol–water partition coefficient (Wildman–Crippen LogP) is -0.102. The summed E-state index contributed by atoms with van der Waals surface area (Å²) in [7, 11) is 5.83. The van der Waals surface area contributed by atoms with Gasteiger partial charge in [-0.15, -0.1) is 0 Å². The molecule has 140 valence electrons. The molecular weight excluding hydrogens is 324 g/mol. The zero-order valence-corrected chi connectivity index (χ0v) is 14.8. The Bertz CT molecular complexity index is 412. The van der Waals surface area contributed by atoms with Crippen molar-refractivity contribution in [1.82, 2.24) is 0 Å². The number of hydrogen-bond donors (Lipinski definition) is 0. The molecule has 6 unspecified atom stereocenters.